The molecule has 0 aliphatic rings. The van der Waals surface area contributed by atoms with Crippen molar-refractivity contribution < 1.29 is 9.47 Å². The zero-order chi connectivity index (χ0) is 16.9. The molecular formula is C17H28BrN3O2. The molecule has 0 unspecified atom stereocenters. The normalized spacial score (nSPS) is 11.4. The molecule has 23 heavy (non-hydrogen) atoms. The SMILES string of the molecule is CCCCOCCCNC(=NC)NCc1ccc(OC)c(Br)c1. The van der Waals surface area contributed by atoms with Crippen LogP contribution >= 0.6 is 15.9 Å². The summed E-state index contributed by atoms with van der Waals surface area (Å²) >= 11 is 3.50. The predicted molar refractivity (Wildman–Crippen MR) is 99.2 cm³/mol. The van der Waals surface area contributed by atoms with E-state index in [0.717, 1.165) is 54.3 Å². The van der Waals surface area contributed by atoms with Crippen molar-refractivity contribution in [3.63, 3.8) is 0 Å². The van der Waals surface area contributed by atoms with Crippen molar-refractivity contribution >= 4 is 21.9 Å². The molecule has 6 heteroatoms. The molecule has 0 atom stereocenters. The van der Waals surface area contributed by atoms with E-state index in [4.69, 9.17) is 9.47 Å². The number of aliphatic imine (C=N–C) groups is 1. The average molecular weight is 386 g/mol. The summed E-state index contributed by atoms with van der Waals surface area (Å²) in [7, 11) is 3.44. The number of nitrogens with one attached hydrogen (secondary N) is 2. The quantitative estimate of drug-likeness (QED) is 0.368. The summed E-state index contributed by atoms with van der Waals surface area (Å²) in [6, 6.07) is 6.02. The minimum absolute atomic E-state index is 0.704. The lowest BCUT2D eigenvalue weighted by Gasteiger charge is -2.13. The van der Waals surface area contributed by atoms with Crippen LogP contribution in [0, 0.1) is 0 Å². The monoisotopic (exact) mass is 385 g/mol. The number of hydrogen-bond acceptors (Lipinski definition) is 3. The van der Waals surface area contributed by atoms with Gasteiger partial charge in [0.2, 0.25) is 0 Å². The Morgan fingerprint density at radius 1 is 1.22 bits per heavy atom. The number of nitrogens with zero attached hydrogens (tertiary/aromatic N) is 1. The maximum Gasteiger partial charge on any atom is 0.191 e. The Morgan fingerprint density at radius 3 is 2.65 bits per heavy atom. The van der Waals surface area contributed by atoms with Gasteiger partial charge in [-0.25, -0.2) is 0 Å². The number of ether oxygens (including phenoxy) is 2. The Hall–Kier alpha value is -1.27. The second-order valence-electron chi connectivity index (χ2n) is 5.14. The number of rotatable bonds is 10. The molecule has 0 spiro atoms. The van der Waals surface area contributed by atoms with Gasteiger partial charge in [-0.2, -0.15) is 0 Å². The molecule has 2 N–H and O–H groups in total. The Bertz CT molecular complexity index is 481. The van der Waals surface area contributed by atoms with E-state index in [2.05, 4.69) is 38.5 Å². The van der Waals surface area contributed by atoms with Gasteiger partial charge in [0.1, 0.15) is 5.75 Å². The summed E-state index contributed by atoms with van der Waals surface area (Å²) in [5, 5.41) is 6.59. The Morgan fingerprint density at radius 2 is 2.00 bits per heavy atom. The van der Waals surface area contributed by atoms with Crippen molar-refractivity contribution in [3.05, 3.63) is 28.2 Å². The molecule has 1 rings (SSSR count). The van der Waals surface area contributed by atoms with Crippen LogP contribution in [0.15, 0.2) is 27.7 Å². The third kappa shape index (κ3) is 8.23. The lowest BCUT2D eigenvalue weighted by atomic mass is 10.2. The van der Waals surface area contributed by atoms with Gasteiger partial charge in [0.15, 0.2) is 5.96 Å². The first-order chi connectivity index (χ1) is 11.2. The fraction of sp³-hybridized carbons (Fsp3) is 0.588. The van der Waals surface area contributed by atoms with Crippen LogP contribution in [0.3, 0.4) is 0 Å². The summed E-state index contributed by atoms with van der Waals surface area (Å²) in [5.74, 6) is 1.63. The molecule has 0 saturated carbocycles. The van der Waals surface area contributed by atoms with Gasteiger partial charge in [-0.05, 0) is 46.5 Å². The van der Waals surface area contributed by atoms with E-state index >= 15 is 0 Å². The van der Waals surface area contributed by atoms with E-state index in [-0.39, 0.29) is 0 Å². The standard InChI is InChI=1S/C17H28BrN3O2/c1-4-5-10-23-11-6-9-20-17(19-2)21-13-14-7-8-16(22-3)15(18)12-14/h7-8,12H,4-6,9-11,13H2,1-3H3,(H2,19,20,21). The fourth-order valence-corrected chi connectivity index (χ4v) is 2.54. The van der Waals surface area contributed by atoms with Crippen molar-refractivity contribution in [2.45, 2.75) is 32.7 Å². The van der Waals surface area contributed by atoms with Crippen LogP contribution < -0.4 is 15.4 Å². The van der Waals surface area contributed by atoms with E-state index < -0.39 is 0 Å². The second-order valence-corrected chi connectivity index (χ2v) is 6.00. The molecule has 1 aromatic rings. The van der Waals surface area contributed by atoms with E-state index in [9.17, 15) is 0 Å². The number of halogens is 1. The molecule has 0 amide bonds. The van der Waals surface area contributed by atoms with E-state index in [1.807, 2.05) is 18.2 Å². The molecule has 130 valence electrons. The van der Waals surface area contributed by atoms with Crippen LogP contribution in [-0.4, -0.2) is 39.9 Å². The van der Waals surface area contributed by atoms with Gasteiger partial charge in [-0.3, -0.25) is 4.99 Å². The number of guanidine groups is 1. The highest BCUT2D eigenvalue weighted by molar-refractivity contribution is 9.10. The first-order valence-electron chi connectivity index (χ1n) is 8.06. The molecular weight excluding hydrogens is 358 g/mol. The van der Waals surface area contributed by atoms with Gasteiger partial charge < -0.3 is 20.1 Å². The van der Waals surface area contributed by atoms with Crippen molar-refractivity contribution in [1.82, 2.24) is 10.6 Å². The maximum absolute atomic E-state index is 5.54. The first-order valence-corrected chi connectivity index (χ1v) is 8.85. The van der Waals surface area contributed by atoms with Crippen molar-refractivity contribution in [2.24, 2.45) is 4.99 Å². The lowest BCUT2D eigenvalue weighted by molar-refractivity contribution is 0.129. The molecule has 0 aromatic heterocycles. The van der Waals surface area contributed by atoms with E-state index in [1.54, 1.807) is 14.2 Å². The third-order valence-corrected chi connectivity index (χ3v) is 3.92. The van der Waals surface area contributed by atoms with Gasteiger partial charge in [-0.1, -0.05) is 19.4 Å². The van der Waals surface area contributed by atoms with Crippen molar-refractivity contribution in [2.75, 3.05) is 33.9 Å². The Kier molecular flexibility index (Phi) is 10.5. The van der Waals surface area contributed by atoms with Crippen LogP contribution in [0.2, 0.25) is 0 Å². The number of methoxy groups -OCH3 is 1. The molecule has 0 radical (unpaired) electrons. The number of unbranched alkanes of at least 4 members (excludes halogenated alkanes) is 1. The zero-order valence-corrected chi connectivity index (χ0v) is 15.9. The van der Waals surface area contributed by atoms with Gasteiger partial charge in [0.05, 0.1) is 11.6 Å². The van der Waals surface area contributed by atoms with Crippen LogP contribution in [0.4, 0.5) is 0 Å². The highest BCUT2D eigenvalue weighted by Gasteiger charge is 2.02. The summed E-state index contributed by atoms with van der Waals surface area (Å²) in [6.07, 6.45) is 3.28. The molecule has 5 nitrogen and oxygen atoms in total. The second kappa shape index (κ2) is 12.2. The number of hydrogen-bond donors (Lipinski definition) is 2. The molecule has 0 aliphatic heterocycles. The summed E-state index contributed by atoms with van der Waals surface area (Å²) in [6.45, 7) is 5.36. The lowest BCUT2D eigenvalue weighted by Crippen LogP contribution is -2.37. The van der Waals surface area contributed by atoms with Gasteiger partial charge in [-0.15, -0.1) is 0 Å². The van der Waals surface area contributed by atoms with Crippen LogP contribution in [-0.2, 0) is 11.3 Å². The minimum Gasteiger partial charge on any atom is -0.496 e. The van der Waals surface area contributed by atoms with Crippen LogP contribution in [0.25, 0.3) is 0 Å². The summed E-state index contributed by atoms with van der Waals surface area (Å²) in [5.41, 5.74) is 1.16. The first kappa shape index (κ1) is 19.8. The summed E-state index contributed by atoms with van der Waals surface area (Å²) in [4.78, 5) is 4.22. The van der Waals surface area contributed by atoms with E-state index in [1.165, 1.54) is 6.42 Å². The smallest absolute Gasteiger partial charge is 0.191 e. The molecule has 0 aliphatic carbocycles. The Labute approximate surface area is 148 Å². The van der Waals surface area contributed by atoms with Gasteiger partial charge >= 0.3 is 0 Å². The Balaban J connectivity index is 2.25. The molecule has 0 fully saturated rings. The highest BCUT2D eigenvalue weighted by atomic mass is 79.9. The van der Waals surface area contributed by atoms with Crippen LogP contribution in [0.1, 0.15) is 31.7 Å². The van der Waals surface area contributed by atoms with Gasteiger partial charge in [0, 0.05) is 33.4 Å². The van der Waals surface area contributed by atoms with E-state index in [0.29, 0.717) is 6.54 Å². The largest absolute Gasteiger partial charge is 0.496 e. The third-order valence-electron chi connectivity index (χ3n) is 3.30. The topological polar surface area (TPSA) is 54.9 Å². The molecule has 0 heterocycles. The fourth-order valence-electron chi connectivity index (χ4n) is 1.96. The van der Waals surface area contributed by atoms with Crippen molar-refractivity contribution in [3.8, 4) is 5.75 Å². The van der Waals surface area contributed by atoms with Crippen LogP contribution in [0.5, 0.6) is 5.75 Å². The molecule has 0 saturated heterocycles. The molecule has 1 aromatic carbocycles. The summed E-state index contributed by atoms with van der Waals surface area (Å²) < 4.78 is 11.7. The van der Waals surface area contributed by atoms with Gasteiger partial charge in [0.25, 0.3) is 0 Å². The predicted octanol–water partition coefficient (Wildman–Crippen LogP) is 3.33. The number of benzene rings is 1. The molecule has 0 bridgehead atoms. The van der Waals surface area contributed by atoms with Crippen molar-refractivity contribution in [1.29, 1.82) is 0 Å². The maximum atomic E-state index is 5.54. The highest BCUT2D eigenvalue weighted by Crippen LogP contribution is 2.25. The average Bonchev–Trinajstić information content (AvgIpc) is 2.57. The minimum atomic E-state index is 0.704. The zero-order valence-electron chi connectivity index (χ0n) is 14.3.